The van der Waals surface area contributed by atoms with E-state index in [9.17, 15) is 0 Å². The van der Waals surface area contributed by atoms with Crippen LogP contribution in [0.1, 0.15) is 42.9 Å². The average Bonchev–Trinajstić information content (AvgIpc) is 2.51. The first-order chi connectivity index (χ1) is 10.2. The lowest BCUT2D eigenvalue weighted by Gasteiger charge is -2.45. The first-order valence-corrected chi connectivity index (χ1v) is 8.04. The van der Waals surface area contributed by atoms with Crippen LogP contribution in [0.2, 0.25) is 0 Å². The van der Waals surface area contributed by atoms with Gasteiger partial charge in [-0.1, -0.05) is 0 Å². The van der Waals surface area contributed by atoms with Crippen LogP contribution in [0, 0.1) is 12.8 Å². The van der Waals surface area contributed by atoms with E-state index in [2.05, 4.69) is 30.3 Å². The molecule has 2 atom stereocenters. The molecule has 2 aliphatic rings. The standard InChI is InChI=1S/C17H26N2O2/c1-13-12-19-7-3-15(13)16(18-2)14-4-8-21-17(11-14)5-9-20-10-6-17/h3,7,12,14,16,18H,4-6,8-11H2,1-2H3. The first kappa shape index (κ1) is 14.9. The summed E-state index contributed by atoms with van der Waals surface area (Å²) in [5.74, 6) is 0.614. The monoisotopic (exact) mass is 290 g/mol. The molecular weight excluding hydrogens is 264 g/mol. The molecule has 1 spiro atoms. The molecule has 1 aromatic rings. The zero-order chi connectivity index (χ0) is 14.7. The summed E-state index contributed by atoms with van der Waals surface area (Å²) >= 11 is 0. The fourth-order valence-corrected chi connectivity index (χ4v) is 3.92. The van der Waals surface area contributed by atoms with E-state index in [4.69, 9.17) is 9.47 Å². The Morgan fingerprint density at radius 1 is 1.33 bits per heavy atom. The Morgan fingerprint density at radius 3 is 2.86 bits per heavy atom. The zero-order valence-electron chi connectivity index (χ0n) is 13.1. The number of hydrogen-bond donors (Lipinski definition) is 1. The van der Waals surface area contributed by atoms with Crippen LogP contribution in [0.15, 0.2) is 18.5 Å². The molecule has 0 radical (unpaired) electrons. The first-order valence-electron chi connectivity index (χ1n) is 8.04. The van der Waals surface area contributed by atoms with E-state index in [0.717, 1.165) is 45.5 Å². The minimum atomic E-state index is 0.0528. The Hall–Kier alpha value is -0.970. The highest BCUT2D eigenvalue weighted by molar-refractivity contribution is 5.26. The third-order valence-electron chi connectivity index (χ3n) is 5.12. The molecule has 0 aliphatic carbocycles. The third-order valence-corrected chi connectivity index (χ3v) is 5.12. The van der Waals surface area contributed by atoms with Gasteiger partial charge >= 0.3 is 0 Å². The summed E-state index contributed by atoms with van der Waals surface area (Å²) in [5, 5.41) is 3.54. The molecular formula is C17H26N2O2. The second-order valence-electron chi connectivity index (χ2n) is 6.40. The van der Waals surface area contributed by atoms with Crippen molar-refractivity contribution in [1.82, 2.24) is 10.3 Å². The minimum absolute atomic E-state index is 0.0528. The van der Waals surface area contributed by atoms with Crippen LogP contribution in [0.4, 0.5) is 0 Å². The predicted molar refractivity (Wildman–Crippen MR) is 82.2 cm³/mol. The van der Waals surface area contributed by atoms with Gasteiger partial charge in [0.15, 0.2) is 0 Å². The van der Waals surface area contributed by atoms with E-state index in [1.165, 1.54) is 11.1 Å². The highest BCUT2D eigenvalue weighted by atomic mass is 16.5. The van der Waals surface area contributed by atoms with Gasteiger partial charge in [0.1, 0.15) is 0 Å². The van der Waals surface area contributed by atoms with Crippen LogP contribution in [0.5, 0.6) is 0 Å². The summed E-state index contributed by atoms with van der Waals surface area (Å²) in [5.41, 5.74) is 2.70. The van der Waals surface area contributed by atoms with Gasteiger partial charge in [-0.2, -0.15) is 0 Å². The van der Waals surface area contributed by atoms with Crippen molar-refractivity contribution in [1.29, 1.82) is 0 Å². The summed E-state index contributed by atoms with van der Waals surface area (Å²) in [6, 6.07) is 2.54. The molecule has 0 aromatic carbocycles. The smallest absolute Gasteiger partial charge is 0.0729 e. The van der Waals surface area contributed by atoms with Crippen LogP contribution in [-0.2, 0) is 9.47 Å². The van der Waals surface area contributed by atoms with Gasteiger partial charge < -0.3 is 14.8 Å². The van der Waals surface area contributed by atoms with Gasteiger partial charge in [0.05, 0.1) is 5.60 Å². The van der Waals surface area contributed by atoms with Crippen LogP contribution in [-0.4, -0.2) is 37.5 Å². The maximum Gasteiger partial charge on any atom is 0.0729 e. The Labute approximate surface area is 127 Å². The number of hydrogen-bond acceptors (Lipinski definition) is 4. The van der Waals surface area contributed by atoms with E-state index in [1.54, 1.807) is 0 Å². The second-order valence-corrected chi connectivity index (χ2v) is 6.40. The molecule has 3 rings (SSSR count). The number of nitrogens with zero attached hydrogens (tertiary/aromatic N) is 1. The van der Waals surface area contributed by atoms with Gasteiger partial charge in [0.2, 0.25) is 0 Å². The molecule has 0 amide bonds. The van der Waals surface area contributed by atoms with Gasteiger partial charge in [-0.25, -0.2) is 0 Å². The fourth-order valence-electron chi connectivity index (χ4n) is 3.92. The van der Waals surface area contributed by atoms with Gasteiger partial charge in [0.25, 0.3) is 0 Å². The van der Waals surface area contributed by atoms with E-state index in [1.807, 2.05) is 12.4 Å². The molecule has 4 heteroatoms. The number of nitrogens with one attached hydrogen (secondary N) is 1. The van der Waals surface area contributed by atoms with Crippen molar-refractivity contribution in [2.24, 2.45) is 5.92 Å². The Morgan fingerprint density at radius 2 is 2.14 bits per heavy atom. The number of pyridine rings is 1. The molecule has 116 valence electrons. The lowest BCUT2D eigenvalue weighted by atomic mass is 9.76. The lowest BCUT2D eigenvalue weighted by Crippen LogP contribution is -2.46. The molecule has 4 nitrogen and oxygen atoms in total. The molecule has 21 heavy (non-hydrogen) atoms. The van der Waals surface area contributed by atoms with Crippen molar-refractivity contribution in [3.63, 3.8) is 0 Å². The molecule has 1 N–H and O–H groups in total. The van der Waals surface area contributed by atoms with Crippen LogP contribution < -0.4 is 5.32 Å². The highest BCUT2D eigenvalue weighted by Crippen LogP contribution is 2.42. The largest absolute Gasteiger partial charge is 0.381 e. The molecule has 0 bridgehead atoms. The van der Waals surface area contributed by atoms with Gasteiger partial charge in [-0.05, 0) is 62.8 Å². The SMILES string of the molecule is CNC(c1ccncc1C)C1CCOC2(CCOCC2)C1. The Kier molecular flexibility index (Phi) is 4.57. The fraction of sp³-hybridized carbons (Fsp3) is 0.706. The number of aryl methyl sites for hydroxylation is 1. The summed E-state index contributed by atoms with van der Waals surface area (Å²) in [4.78, 5) is 4.22. The highest BCUT2D eigenvalue weighted by Gasteiger charge is 2.41. The molecule has 2 fully saturated rings. The third kappa shape index (κ3) is 3.12. The summed E-state index contributed by atoms with van der Waals surface area (Å²) < 4.78 is 11.7. The van der Waals surface area contributed by atoms with E-state index >= 15 is 0 Å². The van der Waals surface area contributed by atoms with Crippen LogP contribution in [0.25, 0.3) is 0 Å². The summed E-state index contributed by atoms with van der Waals surface area (Å²) in [7, 11) is 2.07. The van der Waals surface area contributed by atoms with Crippen LogP contribution >= 0.6 is 0 Å². The molecule has 0 saturated carbocycles. The number of ether oxygens (including phenoxy) is 2. The summed E-state index contributed by atoms with van der Waals surface area (Å²) in [6.45, 7) is 4.69. The quantitative estimate of drug-likeness (QED) is 0.929. The zero-order valence-corrected chi connectivity index (χ0v) is 13.1. The molecule has 2 unspecified atom stereocenters. The van der Waals surface area contributed by atoms with Crippen LogP contribution in [0.3, 0.4) is 0 Å². The van der Waals surface area contributed by atoms with E-state index < -0.39 is 0 Å². The summed E-state index contributed by atoms with van der Waals surface area (Å²) in [6.07, 6.45) is 8.18. The predicted octanol–water partition coefficient (Wildman–Crippen LogP) is 2.63. The van der Waals surface area contributed by atoms with Crippen molar-refractivity contribution in [3.05, 3.63) is 29.6 Å². The van der Waals surface area contributed by atoms with Gasteiger partial charge in [0, 0.05) is 38.3 Å². The molecule has 1 aromatic heterocycles. The number of aromatic nitrogens is 1. The van der Waals surface area contributed by atoms with E-state index in [-0.39, 0.29) is 5.60 Å². The van der Waals surface area contributed by atoms with Crippen molar-refractivity contribution in [2.45, 2.75) is 44.2 Å². The maximum absolute atomic E-state index is 6.18. The van der Waals surface area contributed by atoms with Crippen molar-refractivity contribution in [3.8, 4) is 0 Å². The molecule has 2 aliphatic heterocycles. The van der Waals surface area contributed by atoms with Gasteiger partial charge in [-0.15, -0.1) is 0 Å². The van der Waals surface area contributed by atoms with E-state index in [0.29, 0.717) is 12.0 Å². The normalized spacial score (nSPS) is 26.7. The molecule has 3 heterocycles. The second kappa shape index (κ2) is 6.42. The minimum Gasteiger partial charge on any atom is -0.381 e. The Bertz CT molecular complexity index is 466. The average molecular weight is 290 g/mol. The lowest BCUT2D eigenvalue weighted by molar-refractivity contribution is -0.150. The van der Waals surface area contributed by atoms with Crippen molar-refractivity contribution < 1.29 is 9.47 Å². The topological polar surface area (TPSA) is 43.4 Å². The van der Waals surface area contributed by atoms with Gasteiger partial charge in [-0.3, -0.25) is 4.98 Å². The van der Waals surface area contributed by atoms with Crippen molar-refractivity contribution >= 4 is 0 Å². The molecule has 2 saturated heterocycles. The maximum atomic E-state index is 6.18. The Balaban J connectivity index is 1.79. The van der Waals surface area contributed by atoms with Crippen molar-refractivity contribution in [2.75, 3.05) is 26.9 Å². The number of rotatable bonds is 3.